The zero-order valence-corrected chi connectivity index (χ0v) is 18.3. The van der Waals surface area contributed by atoms with Gasteiger partial charge in [0.2, 0.25) is 0 Å². The summed E-state index contributed by atoms with van der Waals surface area (Å²) >= 11 is 0. The fraction of sp³-hybridized carbons (Fsp3) is 0.909. The molecule has 1 unspecified atom stereocenters. The number of hydrazone groups is 1. The molecule has 4 heteroatoms. The molecule has 0 saturated heterocycles. The van der Waals surface area contributed by atoms with Gasteiger partial charge in [-0.1, -0.05) is 91.4 Å². The van der Waals surface area contributed by atoms with E-state index in [1.54, 1.807) is 14.1 Å². The first-order valence-electron chi connectivity index (χ1n) is 11.1. The van der Waals surface area contributed by atoms with Gasteiger partial charge in [-0.25, -0.2) is 10.2 Å². The fourth-order valence-electron chi connectivity index (χ4n) is 3.34. The molecule has 0 aromatic heterocycles. The van der Waals surface area contributed by atoms with Crippen LogP contribution in [0, 0.1) is 5.92 Å². The lowest BCUT2D eigenvalue weighted by atomic mass is 9.92. The van der Waals surface area contributed by atoms with E-state index >= 15 is 0 Å². The van der Waals surface area contributed by atoms with E-state index < -0.39 is 0 Å². The van der Waals surface area contributed by atoms with Gasteiger partial charge >= 0.3 is 6.03 Å². The second kappa shape index (κ2) is 17.4. The molecule has 0 aliphatic heterocycles. The van der Waals surface area contributed by atoms with E-state index in [-0.39, 0.29) is 6.03 Å². The molecule has 0 aromatic rings. The second-order valence-corrected chi connectivity index (χ2v) is 7.70. The Bertz CT molecular complexity index is 366. The molecule has 4 nitrogen and oxygen atoms in total. The molecule has 0 heterocycles. The van der Waals surface area contributed by atoms with Crippen LogP contribution in [0.3, 0.4) is 0 Å². The highest BCUT2D eigenvalue weighted by molar-refractivity contribution is 5.87. The molecule has 2 amide bonds. The molecular formula is C22H45N3O. The SMILES string of the molecule is CCCCCCCCCCCCCC(CC)C(CC)=NNC(=O)N(C)C. The van der Waals surface area contributed by atoms with Gasteiger partial charge in [-0.3, -0.25) is 0 Å². The summed E-state index contributed by atoms with van der Waals surface area (Å²) in [5.41, 5.74) is 3.80. The van der Waals surface area contributed by atoms with E-state index in [1.165, 1.54) is 81.9 Å². The van der Waals surface area contributed by atoms with Gasteiger partial charge in [0, 0.05) is 19.8 Å². The quantitative estimate of drug-likeness (QED) is 0.183. The third-order valence-electron chi connectivity index (χ3n) is 5.18. The highest BCUT2D eigenvalue weighted by atomic mass is 16.2. The number of unbranched alkanes of at least 4 members (excludes halogenated alkanes) is 10. The van der Waals surface area contributed by atoms with Crippen LogP contribution in [0.5, 0.6) is 0 Å². The number of nitrogens with one attached hydrogen (secondary N) is 1. The fourth-order valence-corrected chi connectivity index (χ4v) is 3.34. The average molecular weight is 368 g/mol. The largest absolute Gasteiger partial charge is 0.337 e. The van der Waals surface area contributed by atoms with Crippen LogP contribution in [-0.4, -0.2) is 30.7 Å². The minimum Gasteiger partial charge on any atom is -0.329 e. The van der Waals surface area contributed by atoms with Crippen molar-refractivity contribution < 1.29 is 4.79 Å². The van der Waals surface area contributed by atoms with Crippen LogP contribution >= 0.6 is 0 Å². The van der Waals surface area contributed by atoms with Crippen molar-refractivity contribution >= 4 is 11.7 Å². The van der Waals surface area contributed by atoms with E-state index in [1.807, 2.05) is 0 Å². The summed E-state index contributed by atoms with van der Waals surface area (Å²) in [5.74, 6) is 0.501. The molecule has 1 N–H and O–H groups in total. The number of nitrogens with zero attached hydrogens (tertiary/aromatic N) is 2. The number of carbonyl (C=O) groups is 1. The Morgan fingerprint density at radius 2 is 1.35 bits per heavy atom. The van der Waals surface area contributed by atoms with Gasteiger partial charge in [-0.05, 0) is 25.2 Å². The summed E-state index contributed by atoms with van der Waals surface area (Å²) in [6.07, 6.45) is 18.4. The number of rotatable bonds is 16. The molecule has 0 fully saturated rings. The van der Waals surface area contributed by atoms with Crippen molar-refractivity contribution in [2.75, 3.05) is 14.1 Å². The zero-order chi connectivity index (χ0) is 19.6. The molecule has 1 atom stereocenters. The third-order valence-corrected chi connectivity index (χ3v) is 5.18. The summed E-state index contributed by atoms with van der Waals surface area (Å²) in [5, 5.41) is 4.38. The van der Waals surface area contributed by atoms with Crippen molar-refractivity contribution in [1.29, 1.82) is 0 Å². The number of amides is 2. The average Bonchev–Trinajstić information content (AvgIpc) is 2.64. The van der Waals surface area contributed by atoms with Gasteiger partial charge in [-0.2, -0.15) is 5.10 Å². The Kier molecular flexibility index (Phi) is 16.7. The molecule has 26 heavy (non-hydrogen) atoms. The van der Waals surface area contributed by atoms with Crippen LogP contribution in [0.25, 0.3) is 0 Å². The Labute approximate surface area is 163 Å². The van der Waals surface area contributed by atoms with Crippen LogP contribution < -0.4 is 5.43 Å². The van der Waals surface area contributed by atoms with Gasteiger partial charge < -0.3 is 4.90 Å². The molecule has 0 aromatic carbocycles. The maximum absolute atomic E-state index is 11.6. The first kappa shape index (κ1) is 24.9. The molecule has 0 rings (SSSR count). The van der Waals surface area contributed by atoms with E-state index in [4.69, 9.17) is 0 Å². The standard InChI is InChI=1S/C22H45N3O/c1-6-9-10-11-12-13-14-15-16-17-18-19-20(7-2)21(8-3)23-24-22(26)25(4)5/h20H,6-19H2,1-5H3,(H,24,26). The lowest BCUT2D eigenvalue weighted by Crippen LogP contribution is -2.32. The first-order chi connectivity index (χ1) is 12.6. The zero-order valence-electron chi connectivity index (χ0n) is 18.3. The lowest BCUT2D eigenvalue weighted by Gasteiger charge is -2.17. The summed E-state index contributed by atoms with van der Waals surface area (Å²) < 4.78 is 0. The van der Waals surface area contributed by atoms with Crippen LogP contribution in [0.1, 0.15) is 111 Å². The first-order valence-corrected chi connectivity index (χ1v) is 11.1. The van der Waals surface area contributed by atoms with Crippen LogP contribution in [-0.2, 0) is 0 Å². The van der Waals surface area contributed by atoms with Crippen molar-refractivity contribution in [3.05, 3.63) is 0 Å². The third kappa shape index (κ3) is 13.2. The maximum atomic E-state index is 11.6. The van der Waals surface area contributed by atoms with Gasteiger partial charge in [0.05, 0.1) is 0 Å². The molecule has 0 saturated carbocycles. The minimum absolute atomic E-state index is 0.152. The van der Waals surface area contributed by atoms with Crippen molar-refractivity contribution in [3.63, 3.8) is 0 Å². The highest BCUT2D eigenvalue weighted by Gasteiger charge is 2.13. The van der Waals surface area contributed by atoms with Gasteiger partial charge in [-0.15, -0.1) is 0 Å². The molecule has 0 radical (unpaired) electrons. The molecular weight excluding hydrogens is 322 g/mol. The number of urea groups is 1. The molecule has 154 valence electrons. The highest BCUT2D eigenvalue weighted by Crippen LogP contribution is 2.18. The predicted molar refractivity (Wildman–Crippen MR) is 115 cm³/mol. The monoisotopic (exact) mass is 367 g/mol. The predicted octanol–water partition coefficient (Wildman–Crippen LogP) is 6.75. The van der Waals surface area contributed by atoms with Crippen molar-refractivity contribution in [2.24, 2.45) is 11.0 Å². The molecule has 0 aliphatic rings. The van der Waals surface area contributed by atoms with Crippen LogP contribution in [0.15, 0.2) is 5.10 Å². The molecule has 0 spiro atoms. The normalized spacial score (nSPS) is 12.9. The topological polar surface area (TPSA) is 44.7 Å². The van der Waals surface area contributed by atoms with Gasteiger partial charge in [0.15, 0.2) is 0 Å². The van der Waals surface area contributed by atoms with Crippen molar-refractivity contribution in [3.8, 4) is 0 Å². The number of hydrogen-bond acceptors (Lipinski definition) is 2. The molecule has 0 bridgehead atoms. The van der Waals surface area contributed by atoms with E-state index in [0.717, 1.165) is 18.6 Å². The molecule has 0 aliphatic carbocycles. The van der Waals surface area contributed by atoms with Crippen molar-refractivity contribution in [2.45, 2.75) is 111 Å². The second-order valence-electron chi connectivity index (χ2n) is 7.70. The Morgan fingerprint density at radius 3 is 1.77 bits per heavy atom. The smallest absolute Gasteiger partial charge is 0.329 e. The number of carbonyl (C=O) groups excluding carboxylic acids is 1. The minimum atomic E-state index is -0.152. The van der Waals surface area contributed by atoms with Gasteiger partial charge in [0.1, 0.15) is 0 Å². The van der Waals surface area contributed by atoms with E-state index in [2.05, 4.69) is 31.3 Å². The summed E-state index contributed by atoms with van der Waals surface area (Å²) in [6.45, 7) is 6.63. The Morgan fingerprint density at radius 1 is 0.846 bits per heavy atom. The Balaban J connectivity index is 3.85. The van der Waals surface area contributed by atoms with Crippen molar-refractivity contribution in [1.82, 2.24) is 10.3 Å². The Hall–Kier alpha value is -1.06. The van der Waals surface area contributed by atoms with E-state index in [9.17, 15) is 4.79 Å². The van der Waals surface area contributed by atoms with Crippen LogP contribution in [0.4, 0.5) is 4.79 Å². The van der Waals surface area contributed by atoms with E-state index in [0.29, 0.717) is 5.92 Å². The summed E-state index contributed by atoms with van der Waals surface area (Å²) in [7, 11) is 3.47. The van der Waals surface area contributed by atoms with Gasteiger partial charge in [0.25, 0.3) is 0 Å². The number of hydrogen-bond donors (Lipinski definition) is 1. The maximum Gasteiger partial charge on any atom is 0.337 e. The summed E-state index contributed by atoms with van der Waals surface area (Å²) in [4.78, 5) is 13.2. The lowest BCUT2D eigenvalue weighted by molar-refractivity contribution is 0.218. The van der Waals surface area contributed by atoms with Crippen LogP contribution in [0.2, 0.25) is 0 Å². The summed E-state index contributed by atoms with van der Waals surface area (Å²) in [6, 6.07) is -0.152.